The highest BCUT2D eigenvalue weighted by atomic mass is 19.1. The topological polar surface area (TPSA) is 64.4 Å². The van der Waals surface area contributed by atoms with Gasteiger partial charge in [0.05, 0.1) is 6.04 Å². The molecule has 2 rings (SSSR count). The van der Waals surface area contributed by atoms with Crippen LogP contribution in [0.2, 0.25) is 0 Å². The molecule has 0 fully saturated rings. The van der Waals surface area contributed by atoms with Crippen LogP contribution in [-0.2, 0) is 4.79 Å². The second-order valence-electron chi connectivity index (χ2n) is 4.36. The van der Waals surface area contributed by atoms with Gasteiger partial charge in [0.25, 0.3) is 0 Å². The van der Waals surface area contributed by atoms with Crippen molar-refractivity contribution in [2.45, 2.75) is 13.0 Å². The molecule has 0 spiro atoms. The Hall–Kier alpha value is -2.40. The highest BCUT2D eigenvalue weighted by Crippen LogP contribution is 2.23. The lowest BCUT2D eigenvalue weighted by molar-refractivity contribution is -0.117. The Morgan fingerprint density at radius 2 is 1.90 bits per heavy atom. The van der Waals surface area contributed by atoms with E-state index in [9.17, 15) is 9.18 Å². The van der Waals surface area contributed by atoms with Crippen LogP contribution in [0.5, 0.6) is 11.5 Å². The first kappa shape index (κ1) is 14.0. The van der Waals surface area contributed by atoms with Crippen LogP contribution in [0.3, 0.4) is 0 Å². The molecule has 1 atom stereocenters. The SMILES string of the molecule is CC(N)C(=O)Nc1ccc(Oc2cccc(F)c2)cc1. The third-order valence-electron chi connectivity index (χ3n) is 2.57. The van der Waals surface area contributed by atoms with Gasteiger partial charge in [0.1, 0.15) is 17.3 Å². The number of hydrogen-bond donors (Lipinski definition) is 2. The summed E-state index contributed by atoms with van der Waals surface area (Å²) in [6, 6.07) is 12.0. The average Bonchev–Trinajstić information content (AvgIpc) is 2.41. The normalized spacial score (nSPS) is 11.8. The van der Waals surface area contributed by atoms with Crippen molar-refractivity contribution in [3.8, 4) is 11.5 Å². The molecule has 0 aliphatic carbocycles. The average molecular weight is 274 g/mol. The molecule has 0 radical (unpaired) electrons. The van der Waals surface area contributed by atoms with Gasteiger partial charge in [0, 0.05) is 11.8 Å². The van der Waals surface area contributed by atoms with Gasteiger partial charge in [-0.3, -0.25) is 4.79 Å². The predicted molar refractivity (Wildman–Crippen MR) is 75.2 cm³/mol. The lowest BCUT2D eigenvalue weighted by Crippen LogP contribution is -2.32. The summed E-state index contributed by atoms with van der Waals surface area (Å²) >= 11 is 0. The van der Waals surface area contributed by atoms with Crippen LogP contribution in [0.25, 0.3) is 0 Å². The number of carbonyl (C=O) groups is 1. The highest BCUT2D eigenvalue weighted by molar-refractivity contribution is 5.94. The van der Waals surface area contributed by atoms with E-state index in [1.54, 1.807) is 43.3 Å². The fourth-order valence-corrected chi connectivity index (χ4v) is 1.53. The molecule has 0 saturated heterocycles. The van der Waals surface area contributed by atoms with Gasteiger partial charge in [-0.25, -0.2) is 4.39 Å². The Labute approximate surface area is 116 Å². The van der Waals surface area contributed by atoms with Crippen molar-refractivity contribution >= 4 is 11.6 Å². The minimum atomic E-state index is -0.571. The van der Waals surface area contributed by atoms with E-state index in [1.807, 2.05) is 0 Å². The van der Waals surface area contributed by atoms with Crippen LogP contribution in [0.1, 0.15) is 6.92 Å². The summed E-state index contributed by atoms with van der Waals surface area (Å²) in [5.41, 5.74) is 6.08. The summed E-state index contributed by atoms with van der Waals surface area (Å²) in [5.74, 6) is 0.346. The number of amides is 1. The molecule has 2 aromatic rings. The fraction of sp³-hybridized carbons (Fsp3) is 0.133. The van der Waals surface area contributed by atoms with Crippen molar-refractivity contribution in [3.05, 3.63) is 54.3 Å². The highest BCUT2D eigenvalue weighted by Gasteiger charge is 2.07. The summed E-state index contributed by atoms with van der Waals surface area (Å²) in [7, 11) is 0. The first-order chi connectivity index (χ1) is 9.54. The minimum Gasteiger partial charge on any atom is -0.457 e. The number of anilines is 1. The van der Waals surface area contributed by atoms with Crippen molar-refractivity contribution in [1.82, 2.24) is 0 Å². The Bertz CT molecular complexity index is 597. The Kier molecular flexibility index (Phi) is 4.32. The standard InChI is InChI=1S/C15H15FN2O2/c1-10(17)15(19)18-12-5-7-13(8-6-12)20-14-4-2-3-11(16)9-14/h2-10H,17H2,1H3,(H,18,19). The summed E-state index contributed by atoms with van der Waals surface area (Å²) in [6.07, 6.45) is 0. The van der Waals surface area contributed by atoms with E-state index < -0.39 is 6.04 Å². The van der Waals surface area contributed by atoms with Crippen molar-refractivity contribution in [1.29, 1.82) is 0 Å². The number of halogens is 1. The van der Waals surface area contributed by atoms with Crippen molar-refractivity contribution in [2.24, 2.45) is 5.73 Å². The molecule has 0 aliphatic rings. The molecule has 1 amide bonds. The van der Waals surface area contributed by atoms with E-state index in [4.69, 9.17) is 10.5 Å². The number of ether oxygens (including phenoxy) is 1. The molecular weight excluding hydrogens is 259 g/mol. The summed E-state index contributed by atoms with van der Waals surface area (Å²) < 4.78 is 18.5. The number of rotatable bonds is 4. The lowest BCUT2D eigenvalue weighted by atomic mass is 10.2. The Morgan fingerprint density at radius 1 is 1.20 bits per heavy atom. The zero-order chi connectivity index (χ0) is 14.5. The summed E-state index contributed by atoms with van der Waals surface area (Å²) in [4.78, 5) is 11.4. The van der Waals surface area contributed by atoms with Crippen molar-refractivity contribution < 1.29 is 13.9 Å². The Morgan fingerprint density at radius 3 is 2.50 bits per heavy atom. The molecule has 0 aliphatic heterocycles. The molecule has 5 heteroatoms. The maximum atomic E-state index is 13.0. The van der Waals surface area contributed by atoms with E-state index in [-0.39, 0.29) is 11.7 Å². The number of hydrogen-bond acceptors (Lipinski definition) is 3. The van der Waals surface area contributed by atoms with Crippen LogP contribution < -0.4 is 15.8 Å². The lowest BCUT2D eigenvalue weighted by Gasteiger charge is -2.09. The number of nitrogens with one attached hydrogen (secondary N) is 1. The monoisotopic (exact) mass is 274 g/mol. The van der Waals surface area contributed by atoms with Gasteiger partial charge in [0.2, 0.25) is 5.91 Å². The third-order valence-corrected chi connectivity index (χ3v) is 2.57. The van der Waals surface area contributed by atoms with E-state index in [0.29, 0.717) is 17.2 Å². The quantitative estimate of drug-likeness (QED) is 0.901. The van der Waals surface area contributed by atoms with Gasteiger partial charge in [0.15, 0.2) is 0 Å². The van der Waals surface area contributed by atoms with Gasteiger partial charge < -0.3 is 15.8 Å². The van der Waals surface area contributed by atoms with Crippen molar-refractivity contribution in [3.63, 3.8) is 0 Å². The Balaban J connectivity index is 2.03. The largest absolute Gasteiger partial charge is 0.457 e. The van der Waals surface area contributed by atoms with Gasteiger partial charge in [-0.05, 0) is 43.3 Å². The molecule has 104 valence electrons. The van der Waals surface area contributed by atoms with Crippen molar-refractivity contribution in [2.75, 3.05) is 5.32 Å². The van der Waals surface area contributed by atoms with E-state index in [0.717, 1.165) is 0 Å². The van der Waals surface area contributed by atoms with Gasteiger partial charge >= 0.3 is 0 Å². The first-order valence-electron chi connectivity index (χ1n) is 6.14. The first-order valence-corrected chi connectivity index (χ1v) is 6.14. The van der Waals surface area contributed by atoms with Crippen LogP contribution in [0.4, 0.5) is 10.1 Å². The summed E-state index contributed by atoms with van der Waals surface area (Å²) in [6.45, 7) is 1.61. The van der Waals surface area contributed by atoms with Crippen LogP contribution in [0.15, 0.2) is 48.5 Å². The van der Waals surface area contributed by atoms with E-state index >= 15 is 0 Å². The zero-order valence-corrected chi connectivity index (χ0v) is 11.0. The second-order valence-corrected chi connectivity index (χ2v) is 4.36. The molecule has 2 aromatic carbocycles. The smallest absolute Gasteiger partial charge is 0.240 e. The van der Waals surface area contributed by atoms with Gasteiger partial charge in [-0.15, -0.1) is 0 Å². The van der Waals surface area contributed by atoms with Gasteiger partial charge in [-0.2, -0.15) is 0 Å². The van der Waals surface area contributed by atoms with Gasteiger partial charge in [-0.1, -0.05) is 6.07 Å². The molecular formula is C15H15FN2O2. The minimum absolute atomic E-state index is 0.260. The number of benzene rings is 2. The van der Waals surface area contributed by atoms with Crippen LogP contribution in [-0.4, -0.2) is 11.9 Å². The third kappa shape index (κ3) is 3.80. The maximum absolute atomic E-state index is 13.0. The molecule has 3 N–H and O–H groups in total. The molecule has 0 bridgehead atoms. The fourth-order valence-electron chi connectivity index (χ4n) is 1.53. The number of carbonyl (C=O) groups excluding carboxylic acids is 1. The molecule has 1 unspecified atom stereocenters. The van der Waals surface area contributed by atoms with Crippen LogP contribution >= 0.6 is 0 Å². The molecule has 20 heavy (non-hydrogen) atoms. The zero-order valence-electron chi connectivity index (χ0n) is 11.0. The molecule has 0 aromatic heterocycles. The molecule has 0 heterocycles. The predicted octanol–water partition coefficient (Wildman–Crippen LogP) is 2.90. The second kappa shape index (κ2) is 6.16. The van der Waals surface area contributed by atoms with E-state index in [2.05, 4.69) is 5.32 Å². The molecule has 4 nitrogen and oxygen atoms in total. The maximum Gasteiger partial charge on any atom is 0.240 e. The van der Waals surface area contributed by atoms with Crippen LogP contribution in [0, 0.1) is 5.82 Å². The molecule has 0 saturated carbocycles. The number of nitrogens with two attached hydrogens (primary N) is 1. The van der Waals surface area contributed by atoms with E-state index in [1.165, 1.54) is 12.1 Å². The summed E-state index contributed by atoms with van der Waals surface area (Å²) in [5, 5.41) is 2.66.